The minimum absolute atomic E-state index is 0.265. The SMILES string of the molecule is O=C(O)CCCC=CC[C@@H]1[C@@H]2CC[C@@H](C2)[C@H]1OCc1ccccc1. The molecular weight excluding hydrogens is 300 g/mol. The average Bonchev–Trinajstić information content (AvgIpc) is 3.18. The predicted octanol–water partition coefficient (Wildman–Crippen LogP) is 4.82. The van der Waals surface area contributed by atoms with Gasteiger partial charge in [-0.25, -0.2) is 0 Å². The van der Waals surface area contributed by atoms with E-state index in [0.717, 1.165) is 31.1 Å². The number of rotatable bonds is 9. The highest BCUT2D eigenvalue weighted by molar-refractivity contribution is 5.66. The Bertz CT molecular complexity index is 551. The number of ether oxygens (including phenoxy) is 1. The van der Waals surface area contributed by atoms with Crippen molar-refractivity contribution < 1.29 is 14.6 Å². The van der Waals surface area contributed by atoms with Gasteiger partial charge in [-0.3, -0.25) is 4.79 Å². The Morgan fingerprint density at radius 2 is 1.96 bits per heavy atom. The van der Waals surface area contributed by atoms with Crippen LogP contribution in [0.5, 0.6) is 0 Å². The number of aliphatic carboxylic acids is 1. The summed E-state index contributed by atoms with van der Waals surface area (Å²) in [4.78, 5) is 10.5. The van der Waals surface area contributed by atoms with E-state index in [9.17, 15) is 4.79 Å². The van der Waals surface area contributed by atoms with Crippen molar-refractivity contribution in [2.75, 3.05) is 0 Å². The third kappa shape index (κ3) is 4.47. The molecule has 3 nitrogen and oxygen atoms in total. The van der Waals surface area contributed by atoms with Crippen molar-refractivity contribution in [3.05, 3.63) is 48.0 Å². The van der Waals surface area contributed by atoms with Crippen molar-refractivity contribution >= 4 is 5.97 Å². The lowest BCUT2D eigenvalue weighted by Crippen LogP contribution is -2.30. The molecule has 3 rings (SSSR count). The molecule has 24 heavy (non-hydrogen) atoms. The Balaban J connectivity index is 1.47. The van der Waals surface area contributed by atoms with Crippen LogP contribution in [0.15, 0.2) is 42.5 Å². The first-order valence-electron chi connectivity index (χ1n) is 9.26. The fourth-order valence-corrected chi connectivity index (χ4v) is 4.45. The molecule has 0 spiro atoms. The fourth-order valence-electron chi connectivity index (χ4n) is 4.45. The van der Waals surface area contributed by atoms with E-state index in [-0.39, 0.29) is 6.42 Å². The van der Waals surface area contributed by atoms with Gasteiger partial charge in [0.25, 0.3) is 0 Å². The molecule has 2 saturated carbocycles. The molecule has 1 aromatic carbocycles. The van der Waals surface area contributed by atoms with Crippen molar-refractivity contribution in [1.29, 1.82) is 0 Å². The van der Waals surface area contributed by atoms with Gasteiger partial charge in [-0.15, -0.1) is 0 Å². The highest BCUT2D eigenvalue weighted by Gasteiger charge is 2.47. The van der Waals surface area contributed by atoms with E-state index in [1.165, 1.54) is 24.8 Å². The zero-order chi connectivity index (χ0) is 16.8. The van der Waals surface area contributed by atoms with Crippen molar-refractivity contribution in [1.82, 2.24) is 0 Å². The second-order valence-corrected chi connectivity index (χ2v) is 7.25. The molecule has 1 aromatic rings. The van der Waals surface area contributed by atoms with Gasteiger partial charge in [0.1, 0.15) is 0 Å². The van der Waals surface area contributed by atoms with E-state index >= 15 is 0 Å². The van der Waals surface area contributed by atoms with Crippen LogP contribution in [0.3, 0.4) is 0 Å². The number of hydrogen-bond donors (Lipinski definition) is 1. The van der Waals surface area contributed by atoms with Gasteiger partial charge in [0.2, 0.25) is 0 Å². The van der Waals surface area contributed by atoms with E-state index in [4.69, 9.17) is 9.84 Å². The Morgan fingerprint density at radius 1 is 1.17 bits per heavy atom. The Labute approximate surface area is 144 Å². The molecule has 2 fully saturated rings. The van der Waals surface area contributed by atoms with E-state index in [1.807, 2.05) is 6.07 Å². The van der Waals surface area contributed by atoms with E-state index < -0.39 is 5.97 Å². The molecule has 2 aliphatic carbocycles. The summed E-state index contributed by atoms with van der Waals surface area (Å²) in [6.45, 7) is 0.716. The first-order chi connectivity index (χ1) is 11.7. The van der Waals surface area contributed by atoms with Crippen LogP contribution in [0.2, 0.25) is 0 Å². The lowest BCUT2D eigenvalue weighted by molar-refractivity contribution is -0.137. The number of allylic oxidation sites excluding steroid dienone is 2. The predicted molar refractivity (Wildman–Crippen MR) is 94.6 cm³/mol. The molecule has 0 radical (unpaired) electrons. The van der Waals surface area contributed by atoms with E-state index in [1.54, 1.807) is 0 Å². The van der Waals surface area contributed by atoms with Crippen LogP contribution < -0.4 is 0 Å². The Morgan fingerprint density at radius 3 is 2.75 bits per heavy atom. The maximum atomic E-state index is 10.5. The number of benzene rings is 1. The molecular formula is C21H28O3. The number of hydrogen-bond acceptors (Lipinski definition) is 2. The van der Waals surface area contributed by atoms with Crippen LogP contribution in [0.25, 0.3) is 0 Å². The number of fused-ring (bicyclic) bond motifs is 2. The number of unbranched alkanes of at least 4 members (excludes halogenated alkanes) is 1. The standard InChI is InChI=1S/C21H28O3/c22-20(23)11-7-2-1-6-10-19-17-12-13-18(14-17)21(19)24-15-16-8-4-3-5-9-16/h1,3-6,8-9,17-19,21H,2,7,10-15H2,(H,22,23)/t17-,18+,19-,21-/m1/s1. The molecule has 0 unspecified atom stereocenters. The van der Waals surface area contributed by atoms with Gasteiger partial charge < -0.3 is 9.84 Å². The summed E-state index contributed by atoms with van der Waals surface area (Å²) in [6, 6.07) is 10.4. The second kappa shape index (κ2) is 8.48. The lowest BCUT2D eigenvalue weighted by atomic mass is 9.84. The highest BCUT2D eigenvalue weighted by Crippen LogP contribution is 2.51. The summed E-state index contributed by atoms with van der Waals surface area (Å²) in [5.41, 5.74) is 1.25. The monoisotopic (exact) mass is 328 g/mol. The van der Waals surface area contributed by atoms with Gasteiger partial charge in [-0.1, -0.05) is 42.5 Å². The quantitative estimate of drug-likeness (QED) is 0.522. The van der Waals surface area contributed by atoms with Crippen molar-refractivity contribution in [3.8, 4) is 0 Å². The van der Waals surface area contributed by atoms with Gasteiger partial charge in [0, 0.05) is 6.42 Å². The van der Waals surface area contributed by atoms with Gasteiger partial charge in [-0.05, 0) is 61.8 Å². The Kier molecular flexibility index (Phi) is 6.08. The molecule has 0 aliphatic heterocycles. The number of carbonyl (C=O) groups is 1. The van der Waals surface area contributed by atoms with Crippen molar-refractivity contribution in [2.45, 2.75) is 57.7 Å². The highest BCUT2D eigenvalue weighted by atomic mass is 16.5. The molecule has 0 aromatic heterocycles. The summed E-state index contributed by atoms with van der Waals surface area (Å²) in [7, 11) is 0. The summed E-state index contributed by atoms with van der Waals surface area (Å²) in [5, 5.41) is 8.66. The summed E-state index contributed by atoms with van der Waals surface area (Å²) < 4.78 is 6.33. The Hall–Kier alpha value is -1.61. The minimum atomic E-state index is -0.703. The molecule has 0 saturated heterocycles. The van der Waals surface area contributed by atoms with Crippen molar-refractivity contribution in [2.24, 2.45) is 17.8 Å². The third-order valence-corrected chi connectivity index (χ3v) is 5.63. The minimum Gasteiger partial charge on any atom is -0.481 e. The maximum absolute atomic E-state index is 10.5. The van der Waals surface area contributed by atoms with E-state index in [0.29, 0.717) is 18.6 Å². The van der Waals surface area contributed by atoms with Crippen LogP contribution in [0, 0.1) is 17.8 Å². The molecule has 0 amide bonds. The largest absolute Gasteiger partial charge is 0.481 e. The fraction of sp³-hybridized carbons (Fsp3) is 0.571. The first-order valence-corrected chi connectivity index (χ1v) is 9.26. The summed E-state index contributed by atoms with van der Waals surface area (Å²) in [6.07, 6.45) is 11.8. The molecule has 1 N–H and O–H groups in total. The van der Waals surface area contributed by atoms with Gasteiger partial charge in [0.05, 0.1) is 12.7 Å². The summed E-state index contributed by atoms with van der Waals surface area (Å²) in [5.74, 6) is 1.50. The van der Waals surface area contributed by atoms with Gasteiger partial charge >= 0.3 is 5.97 Å². The smallest absolute Gasteiger partial charge is 0.303 e. The zero-order valence-corrected chi connectivity index (χ0v) is 14.3. The van der Waals surface area contributed by atoms with Crippen molar-refractivity contribution in [3.63, 3.8) is 0 Å². The zero-order valence-electron chi connectivity index (χ0n) is 14.3. The topological polar surface area (TPSA) is 46.5 Å². The first kappa shape index (κ1) is 17.2. The normalized spacial score (nSPS) is 28.7. The van der Waals surface area contributed by atoms with E-state index in [2.05, 4.69) is 36.4 Å². The second-order valence-electron chi connectivity index (χ2n) is 7.25. The molecule has 2 bridgehead atoms. The summed E-state index contributed by atoms with van der Waals surface area (Å²) >= 11 is 0. The van der Waals surface area contributed by atoms with Crippen LogP contribution >= 0.6 is 0 Å². The molecule has 130 valence electrons. The molecule has 4 atom stereocenters. The van der Waals surface area contributed by atoms with Crippen LogP contribution in [0.4, 0.5) is 0 Å². The van der Waals surface area contributed by atoms with Crippen LogP contribution in [-0.2, 0) is 16.1 Å². The van der Waals surface area contributed by atoms with Crippen LogP contribution in [-0.4, -0.2) is 17.2 Å². The average molecular weight is 328 g/mol. The third-order valence-electron chi connectivity index (χ3n) is 5.63. The maximum Gasteiger partial charge on any atom is 0.303 e. The van der Waals surface area contributed by atoms with Crippen LogP contribution in [0.1, 0.15) is 50.5 Å². The lowest BCUT2D eigenvalue weighted by Gasteiger charge is -2.30. The molecule has 2 aliphatic rings. The van der Waals surface area contributed by atoms with Gasteiger partial charge in [-0.2, -0.15) is 0 Å². The molecule has 0 heterocycles. The van der Waals surface area contributed by atoms with Gasteiger partial charge in [0.15, 0.2) is 0 Å². The number of carboxylic acids is 1. The molecule has 3 heteroatoms. The number of carboxylic acid groups (broad SMARTS) is 1.